The van der Waals surface area contributed by atoms with E-state index in [0.29, 0.717) is 5.56 Å². The van der Waals surface area contributed by atoms with Crippen LogP contribution in [0.5, 0.6) is 5.75 Å². The number of hydrogen-bond donors (Lipinski definition) is 2. The first-order chi connectivity index (χ1) is 8.38. The van der Waals surface area contributed by atoms with E-state index in [-0.39, 0.29) is 35.8 Å². The summed E-state index contributed by atoms with van der Waals surface area (Å²) < 4.78 is 4.44. The van der Waals surface area contributed by atoms with Gasteiger partial charge < -0.3 is 15.6 Å². The fourth-order valence-corrected chi connectivity index (χ4v) is 1.60. The minimum Gasteiger partial charge on any atom is -0.507 e. The summed E-state index contributed by atoms with van der Waals surface area (Å²) in [4.78, 5) is 21.3. The van der Waals surface area contributed by atoms with Crippen LogP contribution in [-0.2, 0) is 9.53 Å². The normalized spacial score (nSPS) is 11.3. The summed E-state index contributed by atoms with van der Waals surface area (Å²) in [5.41, 5.74) is 5.81. The van der Waals surface area contributed by atoms with Crippen molar-refractivity contribution in [3.8, 4) is 5.75 Å². The third-order valence-corrected chi connectivity index (χ3v) is 2.58. The van der Waals surface area contributed by atoms with Crippen LogP contribution in [0.4, 0.5) is 5.69 Å². The van der Waals surface area contributed by atoms with E-state index in [0.717, 1.165) is 0 Å². The molecule has 0 aliphatic rings. The number of hydrogen-bond acceptors (Lipinski definition) is 6. The van der Waals surface area contributed by atoms with Crippen molar-refractivity contribution < 1.29 is 19.6 Å². The molecule has 106 valence electrons. The van der Waals surface area contributed by atoms with Crippen LogP contribution in [-0.4, -0.2) is 23.1 Å². The Hall–Kier alpha value is -1.86. The molecule has 0 bridgehead atoms. The van der Waals surface area contributed by atoms with Crippen LogP contribution in [0.15, 0.2) is 12.1 Å². The molecule has 0 saturated carbocycles. The molecule has 0 aliphatic heterocycles. The van der Waals surface area contributed by atoms with Crippen molar-refractivity contribution in [2.75, 3.05) is 7.11 Å². The average Bonchev–Trinajstić information content (AvgIpc) is 2.31. The maximum absolute atomic E-state index is 11.1. The highest BCUT2D eigenvalue weighted by molar-refractivity contribution is 5.85. The number of nitro benzene ring substituents is 1. The predicted molar refractivity (Wildman–Crippen MR) is 70.3 cm³/mol. The van der Waals surface area contributed by atoms with E-state index in [4.69, 9.17) is 5.73 Å². The number of esters is 1. The lowest BCUT2D eigenvalue weighted by atomic mass is 9.99. The number of phenolic OH excluding ortho intramolecular Hbond substituents is 1. The third-order valence-electron chi connectivity index (χ3n) is 2.58. The zero-order valence-corrected chi connectivity index (χ0v) is 11.3. The number of aryl methyl sites for hydroxylation is 1. The second kappa shape index (κ2) is 6.91. The molecule has 1 aromatic carbocycles. The Kier molecular flexibility index (Phi) is 6.23. The second-order valence-electron chi connectivity index (χ2n) is 3.81. The molecule has 0 amide bonds. The van der Waals surface area contributed by atoms with Crippen molar-refractivity contribution >= 4 is 24.1 Å². The Morgan fingerprint density at radius 3 is 2.63 bits per heavy atom. The lowest BCUT2D eigenvalue weighted by molar-refractivity contribution is -0.385. The maximum Gasteiger partial charge on any atom is 0.307 e. The molecule has 0 heterocycles. The highest BCUT2D eigenvalue weighted by Gasteiger charge is 2.26. The second-order valence-corrected chi connectivity index (χ2v) is 3.81. The van der Waals surface area contributed by atoms with Crippen molar-refractivity contribution in [2.45, 2.75) is 19.4 Å². The van der Waals surface area contributed by atoms with Gasteiger partial charge in [-0.05, 0) is 18.6 Å². The van der Waals surface area contributed by atoms with Crippen LogP contribution in [0.2, 0.25) is 0 Å². The fraction of sp³-hybridized carbons (Fsp3) is 0.364. The minimum atomic E-state index is -0.988. The van der Waals surface area contributed by atoms with Crippen molar-refractivity contribution in [3.63, 3.8) is 0 Å². The number of benzene rings is 1. The highest BCUT2D eigenvalue weighted by atomic mass is 35.5. The third kappa shape index (κ3) is 3.80. The van der Waals surface area contributed by atoms with Crippen molar-refractivity contribution in [2.24, 2.45) is 5.73 Å². The number of carbonyl (C=O) groups excluding carboxylic acids is 1. The number of halogens is 1. The molecule has 0 radical (unpaired) electrons. The van der Waals surface area contributed by atoms with Gasteiger partial charge in [0.1, 0.15) is 5.75 Å². The van der Waals surface area contributed by atoms with Crippen LogP contribution in [0.25, 0.3) is 0 Å². The number of nitro groups is 1. The molecule has 0 unspecified atom stereocenters. The van der Waals surface area contributed by atoms with Gasteiger partial charge in [-0.15, -0.1) is 12.4 Å². The first-order valence-corrected chi connectivity index (χ1v) is 5.17. The number of ether oxygens (including phenoxy) is 1. The molecule has 0 aliphatic carbocycles. The number of rotatable bonds is 4. The maximum atomic E-state index is 11.1. The number of carbonyl (C=O) groups is 1. The summed E-state index contributed by atoms with van der Waals surface area (Å²) in [5.74, 6) is -0.863. The molecule has 7 nitrogen and oxygen atoms in total. The Morgan fingerprint density at radius 1 is 1.58 bits per heavy atom. The van der Waals surface area contributed by atoms with Crippen molar-refractivity contribution in [1.29, 1.82) is 0 Å². The summed E-state index contributed by atoms with van der Waals surface area (Å²) >= 11 is 0. The minimum absolute atomic E-state index is 0. The number of aromatic hydroxyl groups is 1. The van der Waals surface area contributed by atoms with E-state index in [1.807, 2.05) is 0 Å². The summed E-state index contributed by atoms with van der Waals surface area (Å²) in [6, 6.07) is 1.68. The van der Waals surface area contributed by atoms with Crippen molar-refractivity contribution in [3.05, 3.63) is 33.4 Å². The van der Waals surface area contributed by atoms with Gasteiger partial charge in [0.05, 0.1) is 30.1 Å². The molecule has 0 saturated heterocycles. The van der Waals surface area contributed by atoms with E-state index >= 15 is 0 Å². The van der Waals surface area contributed by atoms with E-state index < -0.39 is 16.9 Å². The standard InChI is InChI=1S/C11H14N2O5.ClH/c1-6-3-4-8(13(16)17)10(11(6)15)7(12)5-9(14)18-2;/h3-4,7,15H,5,12H2,1-2H3;1H/t7-;/m1./s1. The number of nitrogens with zero attached hydrogens (tertiary/aromatic N) is 1. The molecule has 0 fully saturated rings. The number of phenols is 1. The van der Waals surface area contributed by atoms with Crippen LogP contribution in [0, 0.1) is 17.0 Å². The smallest absolute Gasteiger partial charge is 0.307 e. The topological polar surface area (TPSA) is 116 Å². The van der Waals surface area contributed by atoms with Crippen LogP contribution < -0.4 is 5.73 Å². The van der Waals surface area contributed by atoms with Crippen LogP contribution in [0.3, 0.4) is 0 Å². The van der Waals surface area contributed by atoms with Crippen LogP contribution in [0.1, 0.15) is 23.6 Å². The SMILES string of the molecule is COC(=O)C[C@@H](N)c1c([N+](=O)[O-])ccc(C)c1O.Cl. The van der Waals surface area contributed by atoms with Gasteiger partial charge in [0.25, 0.3) is 5.69 Å². The molecular weight excluding hydrogens is 276 g/mol. The zero-order chi connectivity index (χ0) is 13.9. The van der Waals surface area contributed by atoms with Gasteiger partial charge in [-0.25, -0.2) is 0 Å². The van der Waals surface area contributed by atoms with E-state index in [1.165, 1.54) is 19.2 Å². The van der Waals surface area contributed by atoms with E-state index in [9.17, 15) is 20.0 Å². The van der Waals surface area contributed by atoms with Gasteiger partial charge in [-0.1, -0.05) is 0 Å². The summed E-state index contributed by atoms with van der Waals surface area (Å²) in [7, 11) is 1.19. The Bertz CT molecular complexity index is 492. The van der Waals surface area contributed by atoms with Crippen LogP contribution >= 0.6 is 12.4 Å². The Balaban J connectivity index is 0.00000324. The molecule has 1 atom stereocenters. The van der Waals surface area contributed by atoms with Gasteiger partial charge in [-0.2, -0.15) is 0 Å². The molecule has 1 rings (SSSR count). The molecular formula is C11H15ClN2O5. The van der Waals surface area contributed by atoms with Gasteiger partial charge >= 0.3 is 5.97 Å². The summed E-state index contributed by atoms with van der Waals surface area (Å²) in [6.07, 6.45) is -0.242. The molecule has 0 aromatic heterocycles. The first-order valence-electron chi connectivity index (χ1n) is 5.17. The first kappa shape index (κ1) is 17.1. The molecule has 8 heteroatoms. The fourth-order valence-electron chi connectivity index (χ4n) is 1.60. The van der Waals surface area contributed by atoms with E-state index in [1.54, 1.807) is 6.92 Å². The van der Waals surface area contributed by atoms with Gasteiger partial charge in [0.2, 0.25) is 0 Å². The lowest BCUT2D eigenvalue weighted by Gasteiger charge is -2.14. The molecule has 19 heavy (non-hydrogen) atoms. The average molecular weight is 291 g/mol. The van der Waals surface area contributed by atoms with Crippen molar-refractivity contribution in [1.82, 2.24) is 0 Å². The number of methoxy groups -OCH3 is 1. The van der Waals surface area contributed by atoms with Gasteiger partial charge in [-0.3, -0.25) is 14.9 Å². The number of nitrogens with two attached hydrogens (primary N) is 1. The van der Waals surface area contributed by atoms with Gasteiger partial charge in [0, 0.05) is 6.07 Å². The summed E-state index contributed by atoms with van der Waals surface area (Å²) in [5, 5.41) is 20.7. The largest absolute Gasteiger partial charge is 0.507 e. The Morgan fingerprint density at radius 2 is 2.16 bits per heavy atom. The molecule has 0 spiro atoms. The Labute approximate surface area is 115 Å². The highest BCUT2D eigenvalue weighted by Crippen LogP contribution is 2.36. The van der Waals surface area contributed by atoms with E-state index in [2.05, 4.69) is 4.74 Å². The zero-order valence-electron chi connectivity index (χ0n) is 10.5. The monoisotopic (exact) mass is 290 g/mol. The lowest BCUT2D eigenvalue weighted by Crippen LogP contribution is -2.18. The molecule has 3 N–H and O–H groups in total. The quantitative estimate of drug-likeness (QED) is 0.494. The van der Waals surface area contributed by atoms with Gasteiger partial charge in [0.15, 0.2) is 0 Å². The predicted octanol–water partition coefficient (Wildman–Crippen LogP) is 1.59. The molecule has 1 aromatic rings. The summed E-state index contributed by atoms with van der Waals surface area (Å²) in [6.45, 7) is 1.59.